The van der Waals surface area contributed by atoms with Crippen LogP contribution in [0.4, 0.5) is 0 Å². The first-order valence-corrected chi connectivity index (χ1v) is 6.59. The van der Waals surface area contributed by atoms with Crippen LogP contribution in [0.5, 0.6) is 0 Å². The Balaban J connectivity index is 1.85. The first-order chi connectivity index (χ1) is 8.43. The minimum atomic E-state index is 0.587. The van der Waals surface area contributed by atoms with Crippen molar-refractivity contribution in [2.45, 2.75) is 50.9 Å². The van der Waals surface area contributed by atoms with Crippen molar-refractivity contribution in [2.75, 3.05) is 0 Å². The summed E-state index contributed by atoms with van der Waals surface area (Å²) >= 11 is 0. The fourth-order valence-corrected chi connectivity index (χ4v) is 2.70. The first-order valence-electron chi connectivity index (χ1n) is 6.59. The summed E-state index contributed by atoms with van der Waals surface area (Å²) in [7, 11) is 0. The van der Waals surface area contributed by atoms with Gasteiger partial charge in [-0.05, 0) is 12.8 Å². The minimum absolute atomic E-state index is 0.587. The Bertz CT molecular complexity index is 450. The lowest BCUT2D eigenvalue weighted by molar-refractivity contribution is 0.445. The molecule has 2 aromatic heterocycles. The van der Waals surface area contributed by atoms with Crippen LogP contribution in [-0.4, -0.2) is 19.9 Å². The number of H-pyrrole nitrogens is 1. The number of hydrogen-bond acceptors (Lipinski definition) is 3. The summed E-state index contributed by atoms with van der Waals surface area (Å²) in [5.74, 6) is 1.70. The van der Waals surface area contributed by atoms with Gasteiger partial charge in [0.15, 0.2) is 5.65 Å². The molecule has 3 rings (SSSR count). The molecule has 1 aliphatic rings. The van der Waals surface area contributed by atoms with E-state index in [2.05, 4.69) is 19.9 Å². The molecule has 17 heavy (non-hydrogen) atoms. The monoisotopic (exact) mass is 230 g/mol. The molecule has 4 heteroatoms. The van der Waals surface area contributed by atoms with Crippen LogP contribution in [0.3, 0.4) is 0 Å². The van der Waals surface area contributed by atoms with Gasteiger partial charge in [-0.2, -0.15) is 0 Å². The van der Waals surface area contributed by atoms with Gasteiger partial charge in [0.25, 0.3) is 0 Å². The molecule has 2 aromatic rings. The van der Waals surface area contributed by atoms with E-state index in [4.69, 9.17) is 0 Å². The average Bonchev–Trinajstić information content (AvgIpc) is 2.71. The number of hydrogen-bond donors (Lipinski definition) is 1. The molecule has 4 nitrogen and oxygen atoms in total. The normalized spacial score (nSPS) is 19.1. The lowest BCUT2D eigenvalue weighted by Crippen LogP contribution is -2.04. The van der Waals surface area contributed by atoms with Crippen LogP contribution in [0.25, 0.3) is 11.2 Å². The van der Waals surface area contributed by atoms with E-state index < -0.39 is 0 Å². The van der Waals surface area contributed by atoms with E-state index in [1.165, 1.54) is 44.9 Å². The molecular formula is C13H18N4. The van der Waals surface area contributed by atoms with Crippen molar-refractivity contribution in [2.24, 2.45) is 0 Å². The Kier molecular flexibility index (Phi) is 3.03. The smallest absolute Gasteiger partial charge is 0.180 e. The number of fused-ring (bicyclic) bond motifs is 1. The summed E-state index contributed by atoms with van der Waals surface area (Å²) in [5.41, 5.74) is 1.77. The standard InChI is InChI=1S/C13H18N4/c1-2-4-6-10(7-5-3-1)12-16-11-8-14-9-15-13(11)17-12/h8-10H,1-7H2,(H,14,15,16,17). The van der Waals surface area contributed by atoms with Gasteiger partial charge in [0, 0.05) is 5.92 Å². The summed E-state index contributed by atoms with van der Waals surface area (Å²) in [6.45, 7) is 0. The molecule has 0 aromatic carbocycles. The van der Waals surface area contributed by atoms with Crippen LogP contribution in [0, 0.1) is 0 Å². The molecule has 0 spiro atoms. The molecule has 0 amide bonds. The number of rotatable bonds is 1. The SMILES string of the molecule is c1ncc2[nH]c(C3CCCCCCC3)nc2n1. The highest BCUT2D eigenvalue weighted by Crippen LogP contribution is 2.29. The third-order valence-corrected chi connectivity index (χ3v) is 3.67. The van der Waals surface area contributed by atoms with Crippen LogP contribution in [0.15, 0.2) is 12.5 Å². The molecule has 0 saturated heterocycles. The number of aromatic nitrogens is 4. The Hall–Kier alpha value is -1.45. The first kappa shape index (κ1) is 10.7. The van der Waals surface area contributed by atoms with Crippen LogP contribution >= 0.6 is 0 Å². The Morgan fingerprint density at radius 2 is 1.82 bits per heavy atom. The molecule has 0 unspecified atom stereocenters. The van der Waals surface area contributed by atoms with Crippen LogP contribution in [0.1, 0.15) is 56.7 Å². The maximum Gasteiger partial charge on any atom is 0.180 e. The maximum absolute atomic E-state index is 4.60. The van der Waals surface area contributed by atoms with Gasteiger partial charge >= 0.3 is 0 Å². The fraction of sp³-hybridized carbons (Fsp3) is 0.615. The second-order valence-corrected chi connectivity index (χ2v) is 4.92. The molecule has 0 aliphatic heterocycles. The molecule has 90 valence electrons. The van der Waals surface area contributed by atoms with E-state index in [9.17, 15) is 0 Å². The van der Waals surface area contributed by atoms with Crippen molar-refractivity contribution in [3.05, 3.63) is 18.3 Å². The molecule has 0 radical (unpaired) electrons. The van der Waals surface area contributed by atoms with E-state index in [0.717, 1.165) is 17.0 Å². The minimum Gasteiger partial charge on any atom is -0.339 e. The van der Waals surface area contributed by atoms with Crippen molar-refractivity contribution in [3.8, 4) is 0 Å². The summed E-state index contributed by atoms with van der Waals surface area (Å²) in [6.07, 6.45) is 12.7. The molecule has 0 bridgehead atoms. The third-order valence-electron chi connectivity index (χ3n) is 3.67. The predicted molar refractivity (Wildman–Crippen MR) is 66.7 cm³/mol. The summed E-state index contributed by atoms with van der Waals surface area (Å²) in [6, 6.07) is 0. The van der Waals surface area contributed by atoms with Crippen LogP contribution in [0.2, 0.25) is 0 Å². The van der Waals surface area contributed by atoms with Gasteiger partial charge in [-0.3, -0.25) is 0 Å². The van der Waals surface area contributed by atoms with E-state index in [0.29, 0.717) is 5.92 Å². The molecule has 2 heterocycles. The third kappa shape index (κ3) is 2.30. The number of aromatic amines is 1. The van der Waals surface area contributed by atoms with E-state index in [1.807, 2.05) is 6.20 Å². The summed E-state index contributed by atoms with van der Waals surface area (Å²) in [5, 5.41) is 0. The second kappa shape index (κ2) is 4.82. The van der Waals surface area contributed by atoms with Crippen molar-refractivity contribution < 1.29 is 0 Å². The highest BCUT2D eigenvalue weighted by molar-refractivity contribution is 5.68. The van der Waals surface area contributed by atoms with Crippen molar-refractivity contribution in [1.29, 1.82) is 0 Å². The lowest BCUT2D eigenvalue weighted by atomic mass is 9.91. The quantitative estimate of drug-likeness (QED) is 0.818. The van der Waals surface area contributed by atoms with Gasteiger partial charge in [-0.25, -0.2) is 15.0 Å². The number of nitrogens with zero attached hydrogens (tertiary/aromatic N) is 3. The summed E-state index contributed by atoms with van der Waals surface area (Å²) < 4.78 is 0. The van der Waals surface area contributed by atoms with E-state index >= 15 is 0 Å². The maximum atomic E-state index is 4.60. The molecule has 1 fully saturated rings. The van der Waals surface area contributed by atoms with Gasteiger partial charge in [-0.1, -0.05) is 32.1 Å². The topological polar surface area (TPSA) is 54.5 Å². The Morgan fingerprint density at radius 3 is 2.59 bits per heavy atom. The zero-order valence-electron chi connectivity index (χ0n) is 10.0. The van der Waals surface area contributed by atoms with Crippen molar-refractivity contribution in [3.63, 3.8) is 0 Å². The van der Waals surface area contributed by atoms with Crippen molar-refractivity contribution >= 4 is 11.2 Å². The zero-order valence-corrected chi connectivity index (χ0v) is 10.0. The zero-order chi connectivity index (χ0) is 11.5. The van der Waals surface area contributed by atoms with E-state index in [1.54, 1.807) is 6.33 Å². The fourth-order valence-electron chi connectivity index (χ4n) is 2.70. The molecule has 1 aliphatic carbocycles. The van der Waals surface area contributed by atoms with Gasteiger partial charge in [0.1, 0.15) is 17.7 Å². The Morgan fingerprint density at radius 1 is 1.06 bits per heavy atom. The molecular weight excluding hydrogens is 212 g/mol. The number of imidazole rings is 1. The van der Waals surface area contributed by atoms with Gasteiger partial charge in [0.05, 0.1) is 6.20 Å². The molecule has 0 atom stereocenters. The highest BCUT2D eigenvalue weighted by Gasteiger charge is 2.17. The van der Waals surface area contributed by atoms with Gasteiger partial charge in [0.2, 0.25) is 0 Å². The molecule has 1 saturated carbocycles. The van der Waals surface area contributed by atoms with Gasteiger partial charge < -0.3 is 4.98 Å². The number of nitrogens with one attached hydrogen (secondary N) is 1. The molecule has 1 N–H and O–H groups in total. The van der Waals surface area contributed by atoms with Gasteiger partial charge in [-0.15, -0.1) is 0 Å². The van der Waals surface area contributed by atoms with E-state index in [-0.39, 0.29) is 0 Å². The average molecular weight is 230 g/mol. The predicted octanol–water partition coefficient (Wildman–Crippen LogP) is 3.18. The van der Waals surface area contributed by atoms with Crippen molar-refractivity contribution in [1.82, 2.24) is 19.9 Å². The summed E-state index contributed by atoms with van der Waals surface area (Å²) in [4.78, 5) is 16.2. The largest absolute Gasteiger partial charge is 0.339 e. The lowest BCUT2D eigenvalue weighted by Gasteiger charge is -2.17. The second-order valence-electron chi connectivity index (χ2n) is 4.92. The van der Waals surface area contributed by atoms with Crippen LogP contribution < -0.4 is 0 Å². The Labute approximate surface area is 101 Å². The van der Waals surface area contributed by atoms with Crippen LogP contribution in [-0.2, 0) is 0 Å². The highest BCUT2D eigenvalue weighted by atomic mass is 15.0.